The van der Waals surface area contributed by atoms with E-state index in [0.29, 0.717) is 6.54 Å². The quantitative estimate of drug-likeness (QED) is 0.943. The summed E-state index contributed by atoms with van der Waals surface area (Å²) in [5, 5.41) is 11.8. The Morgan fingerprint density at radius 3 is 2.88 bits per heavy atom. The van der Waals surface area contributed by atoms with Gasteiger partial charge in [0.1, 0.15) is 5.75 Å². The van der Waals surface area contributed by atoms with E-state index in [1.54, 1.807) is 7.11 Å². The van der Waals surface area contributed by atoms with E-state index < -0.39 is 0 Å². The van der Waals surface area contributed by atoms with Gasteiger partial charge in [0.2, 0.25) is 5.13 Å². The van der Waals surface area contributed by atoms with E-state index in [4.69, 9.17) is 4.74 Å². The molecule has 1 N–H and O–H groups in total. The van der Waals surface area contributed by atoms with Crippen molar-refractivity contribution in [3.05, 3.63) is 33.7 Å². The molecule has 16 heavy (non-hydrogen) atoms. The van der Waals surface area contributed by atoms with E-state index in [-0.39, 0.29) is 0 Å². The molecule has 0 fully saturated rings. The molecule has 2 aromatic rings. The third-order valence-corrected chi connectivity index (χ3v) is 3.34. The van der Waals surface area contributed by atoms with E-state index in [1.807, 2.05) is 24.3 Å². The molecule has 0 amide bonds. The highest BCUT2D eigenvalue weighted by Gasteiger charge is 2.03. The molecule has 0 atom stereocenters. The van der Waals surface area contributed by atoms with Crippen molar-refractivity contribution in [2.45, 2.75) is 6.54 Å². The van der Waals surface area contributed by atoms with Gasteiger partial charge in [0.15, 0.2) is 3.92 Å². The maximum absolute atomic E-state index is 5.26. The lowest BCUT2D eigenvalue weighted by Gasteiger charge is -2.07. The van der Waals surface area contributed by atoms with Crippen LogP contribution in [0.4, 0.5) is 5.13 Å². The second-order valence-electron chi connectivity index (χ2n) is 3.03. The third kappa shape index (κ3) is 2.70. The average molecular weight is 300 g/mol. The fourth-order valence-electron chi connectivity index (χ4n) is 1.30. The molecule has 0 aliphatic heterocycles. The van der Waals surface area contributed by atoms with Crippen LogP contribution in [-0.4, -0.2) is 17.3 Å². The summed E-state index contributed by atoms with van der Waals surface area (Å²) < 4.78 is 6.03. The van der Waals surface area contributed by atoms with Crippen LogP contribution in [0.3, 0.4) is 0 Å². The molecule has 4 nitrogen and oxygen atoms in total. The Labute approximate surface area is 106 Å². The number of ether oxygens (including phenoxy) is 1. The molecule has 0 bridgehead atoms. The Morgan fingerprint density at radius 2 is 2.19 bits per heavy atom. The summed E-state index contributed by atoms with van der Waals surface area (Å²) in [6.45, 7) is 0.672. The van der Waals surface area contributed by atoms with E-state index in [1.165, 1.54) is 11.3 Å². The van der Waals surface area contributed by atoms with Crippen LogP contribution >= 0.6 is 27.3 Å². The molecule has 1 aromatic heterocycles. The van der Waals surface area contributed by atoms with Crippen molar-refractivity contribution >= 4 is 32.4 Å². The lowest BCUT2D eigenvalue weighted by molar-refractivity contribution is 0.410. The smallest absolute Gasteiger partial charge is 0.206 e. The second-order valence-corrected chi connectivity index (χ2v) is 5.28. The summed E-state index contributed by atoms with van der Waals surface area (Å²) in [6, 6.07) is 7.88. The summed E-state index contributed by atoms with van der Waals surface area (Å²) in [7, 11) is 1.67. The topological polar surface area (TPSA) is 47.0 Å². The SMILES string of the molecule is COc1ccccc1CNc1nnc(Br)s1. The standard InChI is InChI=1S/C10H10BrN3OS/c1-15-8-5-3-2-4-7(8)6-12-10-14-13-9(11)16-10/h2-5H,6H2,1H3,(H,12,14). The minimum atomic E-state index is 0.672. The average Bonchev–Trinajstić information content (AvgIpc) is 2.73. The van der Waals surface area contributed by atoms with Crippen LogP contribution in [-0.2, 0) is 6.54 Å². The summed E-state index contributed by atoms with van der Waals surface area (Å²) >= 11 is 4.73. The van der Waals surface area contributed by atoms with Gasteiger partial charge < -0.3 is 10.1 Å². The predicted octanol–water partition coefficient (Wildman–Crippen LogP) is 2.92. The highest BCUT2D eigenvalue weighted by atomic mass is 79.9. The number of rotatable bonds is 4. The predicted molar refractivity (Wildman–Crippen MR) is 67.9 cm³/mol. The van der Waals surface area contributed by atoms with Crippen LogP contribution in [0.15, 0.2) is 28.2 Å². The van der Waals surface area contributed by atoms with Gasteiger partial charge >= 0.3 is 0 Å². The maximum atomic E-state index is 5.26. The van der Waals surface area contributed by atoms with E-state index >= 15 is 0 Å². The van der Waals surface area contributed by atoms with E-state index in [0.717, 1.165) is 20.4 Å². The zero-order chi connectivity index (χ0) is 11.4. The minimum absolute atomic E-state index is 0.672. The first-order valence-corrected chi connectivity index (χ1v) is 6.25. The Bertz CT molecular complexity index is 475. The lowest BCUT2D eigenvalue weighted by Crippen LogP contribution is -2.01. The van der Waals surface area contributed by atoms with Crippen molar-refractivity contribution in [1.82, 2.24) is 10.2 Å². The zero-order valence-electron chi connectivity index (χ0n) is 8.61. The molecule has 6 heteroatoms. The van der Waals surface area contributed by atoms with Crippen molar-refractivity contribution < 1.29 is 4.74 Å². The van der Waals surface area contributed by atoms with Gasteiger partial charge in [0.05, 0.1) is 7.11 Å². The largest absolute Gasteiger partial charge is 0.496 e. The molecule has 0 saturated heterocycles. The molecule has 0 unspecified atom stereocenters. The first kappa shape index (κ1) is 11.3. The number of para-hydroxylation sites is 1. The molecule has 0 saturated carbocycles. The Morgan fingerprint density at radius 1 is 1.38 bits per heavy atom. The number of hydrogen-bond acceptors (Lipinski definition) is 5. The number of halogens is 1. The van der Waals surface area contributed by atoms with Crippen LogP contribution in [0.1, 0.15) is 5.56 Å². The first-order chi connectivity index (χ1) is 7.79. The van der Waals surface area contributed by atoms with Crippen molar-refractivity contribution in [1.29, 1.82) is 0 Å². The van der Waals surface area contributed by atoms with E-state index in [9.17, 15) is 0 Å². The van der Waals surface area contributed by atoms with Gasteiger partial charge in [-0.2, -0.15) is 0 Å². The summed E-state index contributed by atoms with van der Waals surface area (Å²) in [6.07, 6.45) is 0. The Hall–Kier alpha value is -1.14. The third-order valence-electron chi connectivity index (χ3n) is 2.02. The Balaban J connectivity index is 2.04. The van der Waals surface area contributed by atoms with Gasteiger partial charge in [0.25, 0.3) is 0 Å². The van der Waals surface area contributed by atoms with Crippen LogP contribution in [0.5, 0.6) is 5.75 Å². The number of nitrogens with zero attached hydrogens (tertiary/aromatic N) is 2. The molecular weight excluding hydrogens is 290 g/mol. The monoisotopic (exact) mass is 299 g/mol. The van der Waals surface area contributed by atoms with Crippen LogP contribution in [0.2, 0.25) is 0 Å². The molecular formula is C10H10BrN3OS. The van der Waals surface area contributed by atoms with Crippen LogP contribution in [0, 0.1) is 0 Å². The summed E-state index contributed by atoms with van der Waals surface area (Å²) in [5.41, 5.74) is 1.09. The number of aromatic nitrogens is 2. The molecule has 1 aromatic carbocycles. The van der Waals surface area contributed by atoms with Gasteiger partial charge in [-0.3, -0.25) is 0 Å². The maximum Gasteiger partial charge on any atom is 0.206 e. The molecule has 1 heterocycles. The fraction of sp³-hybridized carbons (Fsp3) is 0.200. The normalized spacial score (nSPS) is 10.1. The van der Waals surface area contributed by atoms with Gasteiger partial charge in [-0.25, -0.2) is 0 Å². The van der Waals surface area contributed by atoms with Gasteiger partial charge in [-0.1, -0.05) is 29.5 Å². The highest BCUT2D eigenvalue weighted by molar-refractivity contribution is 9.11. The van der Waals surface area contributed by atoms with E-state index in [2.05, 4.69) is 31.4 Å². The number of anilines is 1. The van der Waals surface area contributed by atoms with Crippen molar-refractivity contribution in [3.8, 4) is 5.75 Å². The number of hydrogen-bond donors (Lipinski definition) is 1. The summed E-state index contributed by atoms with van der Waals surface area (Å²) in [5.74, 6) is 0.874. The second kappa shape index (κ2) is 5.27. The van der Waals surface area contributed by atoms with Crippen molar-refractivity contribution in [3.63, 3.8) is 0 Å². The van der Waals surface area contributed by atoms with Gasteiger partial charge in [-0.15, -0.1) is 10.2 Å². The molecule has 0 radical (unpaired) electrons. The lowest BCUT2D eigenvalue weighted by atomic mass is 10.2. The molecule has 0 spiro atoms. The molecule has 0 aliphatic rings. The fourth-order valence-corrected chi connectivity index (χ4v) is 2.30. The summed E-state index contributed by atoms with van der Waals surface area (Å²) in [4.78, 5) is 0. The first-order valence-electron chi connectivity index (χ1n) is 4.64. The van der Waals surface area contributed by atoms with Crippen LogP contribution in [0.25, 0.3) is 0 Å². The number of nitrogens with one attached hydrogen (secondary N) is 1. The van der Waals surface area contributed by atoms with Gasteiger partial charge in [0, 0.05) is 12.1 Å². The van der Waals surface area contributed by atoms with Crippen LogP contribution < -0.4 is 10.1 Å². The highest BCUT2D eigenvalue weighted by Crippen LogP contribution is 2.22. The molecule has 84 valence electrons. The Kier molecular flexibility index (Phi) is 3.74. The number of methoxy groups -OCH3 is 1. The molecule has 0 aliphatic carbocycles. The van der Waals surface area contributed by atoms with Crippen molar-refractivity contribution in [2.75, 3.05) is 12.4 Å². The molecule has 2 rings (SSSR count). The van der Waals surface area contributed by atoms with Crippen molar-refractivity contribution in [2.24, 2.45) is 0 Å². The zero-order valence-corrected chi connectivity index (χ0v) is 11.0. The minimum Gasteiger partial charge on any atom is -0.496 e. The van der Waals surface area contributed by atoms with Gasteiger partial charge in [-0.05, 0) is 22.0 Å². The number of benzene rings is 1.